The summed E-state index contributed by atoms with van der Waals surface area (Å²) in [4.78, 5) is 8.30. The van der Waals surface area contributed by atoms with Gasteiger partial charge in [0.25, 0.3) is 0 Å². The Morgan fingerprint density at radius 3 is 2.87 bits per heavy atom. The molecular weight excluding hydrogens is 206 g/mol. The molecule has 1 aliphatic rings. The lowest BCUT2D eigenvalue weighted by Crippen LogP contribution is -2.19. The first-order valence-corrected chi connectivity index (χ1v) is 6.61. The van der Waals surface area contributed by atoms with Crippen LogP contribution in [0.3, 0.4) is 0 Å². The van der Waals surface area contributed by atoms with Crippen molar-refractivity contribution in [2.75, 3.05) is 11.5 Å². The Morgan fingerprint density at radius 1 is 1.40 bits per heavy atom. The van der Waals surface area contributed by atoms with Crippen LogP contribution in [0.25, 0.3) is 0 Å². The third-order valence-electron chi connectivity index (χ3n) is 2.89. The van der Waals surface area contributed by atoms with E-state index in [9.17, 15) is 0 Å². The van der Waals surface area contributed by atoms with Gasteiger partial charge in [-0.3, -0.25) is 9.97 Å². The normalized spacial score (nSPS) is 20.1. The predicted molar refractivity (Wildman–Crippen MR) is 63.6 cm³/mol. The van der Waals surface area contributed by atoms with Crippen LogP contribution >= 0.6 is 11.8 Å². The van der Waals surface area contributed by atoms with Gasteiger partial charge in [-0.25, -0.2) is 0 Å². The Kier molecular flexibility index (Phi) is 3.97. The molecule has 1 aromatic rings. The van der Waals surface area contributed by atoms with E-state index in [1.807, 2.05) is 0 Å². The molecule has 3 nitrogen and oxygen atoms in total. The van der Waals surface area contributed by atoms with Crippen LogP contribution in [0.4, 0.5) is 0 Å². The molecule has 0 radical (unpaired) electrons. The average molecular weight is 223 g/mol. The highest BCUT2D eigenvalue weighted by Gasteiger charge is 2.18. The fourth-order valence-electron chi connectivity index (χ4n) is 1.96. The summed E-state index contributed by atoms with van der Waals surface area (Å²) < 4.78 is 0. The molecule has 1 atom stereocenters. The first-order valence-electron chi connectivity index (χ1n) is 5.45. The van der Waals surface area contributed by atoms with E-state index >= 15 is 0 Å². The fourth-order valence-corrected chi connectivity index (χ4v) is 3.17. The molecule has 0 amide bonds. The van der Waals surface area contributed by atoms with Gasteiger partial charge < -0.3 is 5.73 Å². The molecule has 4 heteroatoms. The van der Waals surface area contributed by atoms with Crippen molar-refractivity contribution in [1.29, 1.82) is 0 Å². The van der Waals surface area contributed by atoms with Crippen LogP contribution < -0.4 is 5.73 Å². The molecular formula is C11H17N3S. The number of rotatable bonds is 3. The van der Waals surface area contributed by atoms with Crippen molar-refractivity contribution in [2.45, 2.75) is 25.3 Å². The second-order valence-corrected chi connectivity index (χ2v) is 5.25. The van der Waals surface area contributed by atoms with E-state index in [1.54, 1.807) is 18.6 Å². The van der Waals surface area contributed by atoms with Crippen LogP contribution in [0, 0.1) is 5.92 Å². The topological polar surface area (TPSA) is 51.8 Å². The highest BCUT2D eigenvalue weighted by Crippen LogP contribution is 2.29. The van der Waals surface area contributed by atoms with Gasteiger partial charge in [-0.2, -0.15) is 11.8 Å². The summed E-state index contributed by atoms with van der Waals surface area (Å²) in [5.41, 5.74) is 7.04. The summed E-state index contributed by atoms with van der Waals surface area (Å²) in [5, 5.41) is 0. The van der Waals surface area contributed by atoms with Crippen LogP contribution in [-0.2, 0) is 0 Å². The first kappa shape index (κ1) is 10.9. The predicted octanol–water partition coefficient (Wildman–Crippen LogP) is 2.01. The molecule has 1 fully saturated rings. The number of aromatic nitrogens is 2. The summed E-state index contributed by atoms with van der Waals surface area (Å²) in [6, 6.07) is 0.0619. The lowest BCUT2D eigenvalue weighted by atomic mass is 9.93. The van der Waals surface area contributed by atoms with Crippen molar-refractivity contribution in [1.82, 2.24) is 9.97 Å². The van der Waals surface area contributed by atoms with Gasteiger partial charge in [-0.1, -0.05) is 0 Å². The Balaban J connectivity index is 1.88. The highest BCUT2D eigenvalue weighted by molar-refractivity contribution is 7.99. The number of thioether (sulfide) groups is 1. The van der Waals surface area contributed by atoms with Crippen LogP contribution in [0.2, 0.25) is 0 Å². The molecule has 1 saturated heterocycles. The third-order valence-corrected chi connectivity index (χ3v) is 3.94. The van der Waals surface area contributed by atoms with Gasteiger partial charge in [0.05, 0.1) is 5.69 Å². The van der Waals surface area contributed by atoms with Crippen molar-refractivity contribution in [3.8, 4) is 0 Å². The van der Waals surface area contributed by atoms with Crippen molar-refractivity contribution >= 4 is 11.8 Å². The number of nitrogens with two attached hydrogens (primary N) is 1. The molecule has 1 unspecified atom stereocenters. The van der Waals surface area contributed by atoms with Crippen molar-refractivity contribution in [2.24, 2.45) is 11.7 Å². The van der Waals surface area contributed by atoms with Crippen molar-refractivity contribution in [3.63, 3.8) is 0 Å². The van der Waals surface area contributed by atoms with Gasteiger partial charge >= 0.3 is 0 Å². The van der Waals surface area contributed by atoms with E-state index in [2.05, 4.69) is 21.7 Å². The summed E-state index contributed by atoms with van der Waals surface area (Å²) >= 11 is 2.05. The summed E-state index contributed by atoms with van der Waals surface area (Å²) in [5.74, 6) is 3.36. The number of hydrogen-bond donors (Lipinski definition) is 1. The fraction of sp³-hybridized carbons (Fsp3) is 0.636. The third kappa shape index (κ3) is 3.18. The van der Waals surface area contributed by atoms with Gasteiger partial charge in [0.2, 0.25) is 0 Å². The quantitative estimate of drug-likeness (QED) is 0.851. The minimum atomic E-state index is 0.0619. The van der Waals surface area contributed by atoms with E-state index in [1.165, 1.54) is 24.3 Å². The zero-order chi connectivity index (χ0) is 10.5. The van der Waals surface area contributed by atoms with E-state index in [4.69, 9.17) is 5.73 Å². The number of nitrogens with zero attached hydrogens (tertiary/aromatic N) is 2. The van der Waals surface area contributed by atoms with Crippen molar-refractivity contribution in [3.05, 3.63) is 24.3 Å². The maximum atomic E-state index is 6.12. The van der Waals surface area contributed by atoms with Crippen LogP contribution in [0.1, 0.15) is 31.0 Å². The Bertz CT molecular complexity index is 285. The number of hydrogen-bond acceptors (Lipinski definition) is 4. The van der Waals surface area contributed by atoms with Crippen LogP contribution in [0.5, 0.6) is 0 Å². The standard InChI is InChI=1S/C11H17N3S/c12-10(11-8-13-3-4-14-11)7-9-1-5-15-6-2-9/h3-4,8-10H,1-2,5-7,12H2. The second-order valence-electron chi connectivity index (χ2n) is 4.03. The molecule has 15 heavy (non-hydrogen) atoms. The smallest absolute Gasteiger partial charge is 0.0753 e. The monoisotopic (exact) mass is 223 g/mol. The molecule has 0 saturated carbocycles. The lowest BCUT2D eigenvalue weighted by molar-refractivity contribution is 0.409. The Labute approximate surface area is 94.9 Å². The molecule has 0 spiro atoms. The van der Waals surface area contributed by atoms with Gasteiger partial charge in [-0.15, -0.1) is 0 Å². The molecule has 2 N–H and O–H groups in total. The van der Waals surface area contributed by atoms with Crippen LogP contribution in [0.15, 0.2) is 18.6 Å². The molecule has 2 rings (SSSR count). The minimum absolute atomic E-state index is 0.0619. The van der Waals surface area contributed by atoms with Crippen molar-refractivity contribution < 1.29 is 0 Å². The van der Waals surface area contributed by atoms with Gasteiger partial charge in [0.1, 0.15) is 0 Å². The summed E-state index contributed by atoms with van der Waals surface area (Å²) in [7, 11) is 0. The zero-order valence-corrected chi connectivity index (χ0v) is 9.62. The lowest BCUT2D eigenvalue weighted by Gasteiger charge is -2.23. The Hall–Kier alpha value is -0.610. The minimum Gasteiger partial charge on any atom is -0.323 e. The summed E-state index contributed by atoms with van der Waals surface area (Å²) in [6.45, 7) is 0. The van der Waals surface area contributed by atoms with E-state index in [-0.39, 0.29) is 6.04 Å². The first-order chi connectivity index (χ1) is 7.36. The van der Waals surface area contributed by atoms with Crippen LogP contribution in [-0.4, -0.2) is 21.5 Å². The maximum Gasteiger partial charge on any atom is 0.0753 e. The largest absolute Gasteiger partial charge is 0.323 e. The zero-order valence-electron chi connectivity index (χ0n) is 8.80. The van der Waals surface area contributed by atoms with E-state index in [0.29, 0.717) is 0 Å². The molecule has 1 aliphatic heterocycles. The van der Waals surface area contributed by atoms with Gasteiger partial charge in [0, 0.05) is 24.6 Å². The molecule has 82 valence electrons. The molecule has 2 heterocycles. The molecule has 1 aromatic heterocycles. The van der Waals surface area contributed by atoms with Gasteiger partial charge in [-0.05, 0) is 36.7 Å². The Morgan fingerprint density at radius 2 is 2.20 bits per heavy atom. The molecule has 0 bridgehead atoms. The maximum absolute atomic E-state index is 6.12. The average Bonchev–Trinajstić information content (AvgIpc) is 2.31. The van der Waals surface area contributed by atoms with E-state index in [0.717, 1.165) is 18.0 Å². The van der Waals surface area contributed by atoms with Gasteiger partial charge in [0.15, 0.2) is 0 Å². The second kappa shape index (κ2) is 5.47. The van der Waals surface area contributed by atoms with E-state index < -0.39 is 0 Å². The molecule has 0 aromatic carbocycles. The molecule has 0 aliphatic carbocycles. The SMILES string of the molecule is NC(CC1CCSCC1)c1cnccn1. The highest BCUT2D eigenvalue weighted by atomic mass is 32.2. The summed E-state index contributed by atoms with van der Waals surface area (Å²) in [6.07, 6.45) is 8.85.